The third-order valence-corrected chi connectivity index (χ3v) is 6.37. The molecule has 118 valence electrons. The van der Waals surface area contributed by atoms with Crippen molar-refractivity contribution in [1.82, 2.24) is 0 Å². The molecule has 5 atom stereocenters. The van der Waals surface area contributed by atoms with Gasteiger partial charge in [0.2, 0.25) is 0 Å². The average Bonchev–Trinajstić information content (AvgIpc) is 3.18. The van der Waals surface area contributed by atoms with Crippen molar-refractivity contribution in [2.45, 2.75) is 97.8 Å². The van der Waals surface area contributed by atoms with Crippen molar-refractivity contribution in [2.75, 3.05) is 0 Å². The van der Waals surface area contributed by atoms with Gasteiger partial charge in [-0.3, -0.25) is 0 Å². The number of rotatable bonds is 4. The molecule has 0 heteroatoms. The zero-order valence-corrected chi connectivity index (χ0v) is 14.4. The van der Waals surface area contributed by atoms with Crippen LogP contribution in [0.4, 0.5) is 0 Å². The molecule has 0 aromatic carbocycles. The molecule has 2 fully saturated rings. The van der Waals surface area contributed by atoms with Crippen molar-refractivity contribution < 1.29 is 0 Å². The Hall–Kier alpha value is 0. The maximum atomic E-state index is 2.50. The SMILES string of the molecule is CCCC(CC)C1CCCC(C)CCC2CC2CCC1. The van der Waals surface area contributed by atoms with Crippen LogP contribution in [0.25, 0.3) is 0 Å². The second kappa shape index (κ2) is 8.44. The van der Waals surface area contributed by atoms with E-state index in [4.69, 9.17) is 0 Å². The molecular formula is C20H38. The van der Waals surface area contributed by atoms with Crippen LogP contribution < -0.4 is 0 Å². The Morgan fingerprint density at radius 2 is 1.55 bits per heavy atom. The van der Waals surface area contributed by atoms with Crippen LogP contribution in [0, 0.1) is 29.6 Å². The normalized spacial score (nSPS) is 37.4. The third kappa shape index (κ3) is 5.08. The van der Waals surface area contributed by atoms with Gasteiger partial charge in [-0.05, 0) is 42.4 Å². The van der Waals surface area contributed by atoms with Gasteiger partial charge in [-0.1, -0.05) is 85.0 Å². The van der Waals surface area contributed by atoms with Gasteiger partial charge in [-0.25, -0.2) is 0 Å². The summed E-state index contributed by atoms with van der Waals surface area (Å²) < 4.78 is 0. The molecule has 0 bridgehead atoms. The van der Waals surface area contributed by atoms with E-state index in [-0.39, 0.29) is 0 Å². The molecule has 0 nitrogen and oxygen atoms in total. The molecule has 2 aliphatic carbocycles. The highest BCUT2D eigenvalue weighted by Crippen LogP contribution is 2.47. The summed E-state index contributed by atoms with van der Waals surface area (Å²) >= 11 is 0. The van der Waals surface area contributed by atoms with E-state index in [0.29, 0.717) is 0 Å². The van der Waals surface area contributed by atoms with Gasteiger partial charge in [-0.2, -0.15) is 0 Å². The maximum absolute atomic E-state index is 2.50. The summed E-state index contributed by atoms with van der Waals surface area (Å²) in [6.45, 7) is 7.30. The monoisotopic (exact) mass is 278 g/mol. The molecule has 20 heavy (non-hydrogen) atoms. The molecular weight excluding hydrogens is 240 g/mol. The topological polar surface area (TPSA) is 0 Å². The largest absolute Gasteiger partial charge is 0.0654 e. The number of hydrogen-bond acceptors (Lipinski definition) is 0. The average molecular weight is 279 g/mol. The van der Waals surface area contributed by atoms with Crippen LogP contribution in [0.15, 0.2) is 0 Å². The first-order valence-electron chi connectivity index (χ1n) is 9.74. The van der Waals surface area contributed by atoms with Crippen molar-refractivity contribution >= 4 is 0 Å². The highest BCUT2D eigenvalue weighted by atomic mass is 14.4. The summed E-state index contributed by atoms with van der Waals surface area (Å²) in [6.07, 6.45) is 18.0. The van der Waals surface area contributed by atoms with E-state index in [9.17, 15) is 0 Å². The summed E-state index contributed by atoms with van der Waals surface area (Å²) in [5.41, 5.74) is 0. The molecule has 0 aliphatic heterocycles. The van der Waals surface area contributed by atoms with Crippen molar-refractivity contribution in [1.29, 1.82) is 0 Å². The Labute approximate surface area is 128 Å². The minimum absolute atomic E-state index is 0.988. The molecule has 0 radical (unpaired) electrons. The van der Waals surface area contributed by atoms with E-state index in [0.717, 1.165) is 29.6 Å². The molecule has 0 N–H and O–H groups in total. The Bertz CT molecular complexity index is 255. The van der Waals surface area contributed by atoms with Crippen molar-refractivity contribution in [2.24, 2.45) is 29.6 Å². The van der Waals surface area contributed by atoms with Crippen molar-refractivity contribution in [3.05, 3.63) is 0 Å². The number of fused-ring (bicyclic) bond motifs is 1. The predicted molar refractivity (Wildman–Crippen MR) is 89.9 cm³/mol. The van der Waals surface area contributed by atoms with Crippen LogP contribution in [-0.4, -0.2) is 0 Å². The molecule has 5 unspecified atom stereocenters. The fourth-order valence-electron chi connectivity index (χ4n) is 4.79. The first-order chi connectivity index (χ1) is 9.74. The van der Waals surface area contributed by atoms with Crippen LogP contribution in [0.3, 0.4) is 0 Å². The van der Waals surface area contributed by atoms with Crippen LogP contribution >= 0.6 is 0 Å². The lowest BCUT2D eigenvalue weighted by atomic mass is 9.79. The molecule has 2 saturated carbocycles. The van der Waals surface area contributed by atoms with Crippen LogP contribution in [-0.2, 0) is 0 Å². The van der Waals surface area contributed by atoms with Crippen molar-refractivity contribution in [3.8, 4) is 0 Å². The van der Waals surface area contributed by atoms with Crippen LogP contribution in [0.2, 0.25) is 0 Å². The highest BCUT2D eigenvalue weighted by Gasteiger charge is 2.36. The van der Waals surface area contributed by atoms with E-state index >= 15 is 0 Å². The lowest BCUT2D eigenvalue weighted by molar-refractivity contribution is 0.245. The Morgan fingerprint density at radius 3 is 2.25 bits per heavy atom. The van der Waals surface area contributed by atoms with Gasteiger partial charge in [0, 0.05) is 0 Å². The summed E-state index contributed by atoms with van der Waals surface area (Å²) in [4.78, 5) is 0. The summed E-state index contributed by atoms with van der Waals surface area (Å²) in [6, 6.07) is 0. The molecule has 0 amide bonds. The van der Waals surface area contributed by atoms with Crippen molar-refractivity contribution in [3.63, 3.8) is 0 Å². The Balaban J connectivity index is 1.86. The van der Waals surface area contributed by atoms with E-state index in [1.54, 1.807) is 19.3 Å². The van der Waals surface area contributed by atoms with E-state index < -0.39 is 0 Å². The molecule has 0 saturated heterocycles. The predicted octanol–water partition coefficient (Wildman–Crippen LogP) is 6.84. The molecule has 2 aliphatic rings. The fraction of sp³-hybridized carbons (Fsp3) is 1.00. The first-order valence-corrected chi connectivity index (χ1v) is 9.74. The van der Waals surface area contributed by atoms with E-state index in [1.165, 1.54) is 57.8 Å². The Kier molecular flexibility index (Phi) is 6.91. The lowest BCUT2D eigenvalue weighted by Crippen LogP contribution is -2.15. The quantitative estimate of drug-likeness (QED) is 0.528. The molecule has 0 aromatic heterocycles. The minimum atomic E-state index is 0.988. The van der Waals surface area contributed by atoms with Gasteiger partial charge < -0.3 is 0 Å². The zero-order valence-electron chi connectivity index (χ0n) is 14.4. The van der Waals surface area contributed by atoms with Gasteiger partial charge in [-0.15, -0.1) is 0 Å². The second-order valence-electron chi connectivity index (χ2n) is 8.02. The second-order valence-corrected chi connectivity index (χ2v) is 8.02. The first kappa shape index (κ1) is 16.4. The molecule has 0 heterocycles. The zero-order chi connectivity index (χ0) is 14.4. The van der Waals surface area contributed by atoms with Gasteiger partial charge in [0.25, 0.3) is 0 Å². The standard InChI is InChI=1S/C20H38/c1-4-8-17(5-2)18-10-6-9-16(3)13-14-20-15-19(20)12-7-11-18/h16-20H,4-15H2,1-3H3. The van der Waals surface area contributed by atoms with Gasteiger partial charge in [0.15, 0.2) is 0 Å². The molecule has 2 rings (SSSR count). The minimum Gasteiger partial charge on any atom is -0.0654 e. The lowest BCUT2D eigenvalue weighted by Gasteiger charge is -2.27. The van der Waals surface area contributed by atoms with Crippen LogP contribution in [0.1, 0.15) is 97.8 Å². The summed E-state index contributed by atoms with van der Waals surface area (Å²) in [5.74, 6) is 5.32. The fourth-order valence-corrected chi connectivity index (χ4v) is 4.79. The smallest absolute Gasteiger partial charge is 0.0383 e. The van der Waals surface area contributed by atoms with E-state index in [2.05, 4.69) is 20.8 Å². The number of hydrogen-bond donors (Lipinski definition) is 0. The third-order valence-electron chi connectivity index (χ3n) is 6.37. The van der Waals surface area contributed by atoms with Gasteiger partial charge >= 0.3 is 0 Å². The Morgan fingerprint density at radius 1 is 0.850 bits per heavy atom. The molecule has 0 spiro atoms. The maximum Gasteiger partial charge on any atom is -0.0383 e. The van der Waals surface area contributed by atoms with E-state index in [1.807, 2.05) is 0 Å². The summed E-state index contributed by atoms with van der Waals surface area (Å²) in [7, 11) is 0. The highest BCUT2D eigenvalue weighted by molar-refractivity contribution is 4.87. The van der Waals surface area contributed by atoms with Gasteiger partial charge in [0.1, 0.15) is 0 Å². The molecule has 0 aromatic rings. The summed E-state index contributed by atoms with van der Waals surface area (Å²) in [5, 5.41) is 0. The van der Waals surface area contributed by atoms with Crippen LogP contribution in [0.5, 0.6) is 0 Å². The van der Waals surface area contributed by atoms with Gasteiger partial charge in [0.05, 0.1) is 0 Å².